The fourth-order valence-electron chi connectivity index (χ4n) is 2.91. The molecule has 0 radical (unpaired) electrons. The van der Waals surface area contributed by atoms with Gasteiger partial charge in [-0.25, -0.2) is 4.79 Å². The number of benzene rings is 2. The molecule has 0 bridgehead atoms. The second-order valence-electron chi connectivity index (χ2n) is 6.85. The predicted octanol–water partition coefficient (Wildman–Crippen LogP) is 6.29. The standard InChI is InChI=1S/C24H31NO3/c1-2-3-4-5-6-7-18-27-23-15-13-21(14-16-23)20-9-11-22(12-10-20)24(26)28-19-8-17-25/h9-17,25H,2-8,18-19H2,1H3. The van der Waals surface area contributed by atoms with Crippen molar-refractivity contribution >= 4 is 12.2 Å². The molecule has 0 atom stereocenters. The van der Waals surface area contributed by atoms with Gasteiger partial charge in [0.15, 0.2) is 0 Å². The third-order valence-corrected chi connectivity index (χ3v) is 4.57. The van der Waals surface area contributed by atoms with E-state index in [4.69, 9.17) is 14.9 Å². The maximum absolute atomic E-state index is 11.9. The zero-order valence-electron chi connectivity index (χ0n) is 16.8. The van der Waals surface area contributed by atoms with E-state index in [-0.39, 0.29) is 12.6 Å². The monoisotopic (exact) mass is 381 g/mol. The number of hydrogen-bond acceptors (Lipinski definition) is 4. The van der Waals surface area contributed by atoms with Crippen LogP contribution in [0.2, 0.25) is 0 Å². The third kappa shape index (κ3) is 7.55. The molecule has 0 aliphatic rings. The van der Waals surface area contributed by atoms with E-state index in [9.17, 15) is 4.79 Å². The normalized spacial score (nSPS) is 10.5. The molecule has 0 saturated heterocycles. The van der Waals surface area contributed by atoms with Crippen molar-refractivity contribution in [3.8, 4) is 16.9 Å². The zero-order chi connectivity index (χ0) is 20.0. The number of carbonyl (C=O) groups excluding carboxylic acids is 1. The third-order valence-electron chi connectivity index (χ3n) is 4.57. The van der Waals surface area contributed by atoms with E-state index in [0.717, 1.165) is 29.9 Å². The first-order chi connectivity index (χ1) is 13.7. The predicted molar refractivity (Wildman–Crippen MR) is 114 cm³/mol. The molecule has 0 aliphatic heterocycles. The Kier molecular flexibility index (Phi) is 9.84. The summed E-state index contributed by atoms with van der Waals surface area (Å²) >= 11 is 0. The van der Waals surface area contributed by atoms with Gasteiger partial charge < -0.3 is 14.9 Å². The molecule has 0 aliphatic carbocycles. The van der Waals surface area contributed by atoms with Gasteiger partial charge >= 0.3 is 5.97 Å². The van der Waals surface area contributed by atoms with Crippen LogP contribution in [-0.2, 0) is 4.74 Å². The summed E-state index contributed by atoms with van der Waals surface area (Å²) in [6.45, 7) is 3.24. The molecule has 0 amide bonds. The lowest BCUT2D eigenvalue weighted by atomic mass is 10.0. The van der Waals surface area contributed by atoms with Gasteiger partial charge in [0.1, 0.15) is 5.75 Å². The van der Waals surface area contributed by atoms with Crippen LogP contribution < -0.4 is 4.74 Å². The van der Waals surface area contributed by atoms with E-state index < -0.39 is 0 Å². The SMILES string of the molecule is CCCCCCCCOc1ccc(-c2ccc(C(=O)OCCC=N)cc2)cc1. The summed E-state index contributed by atoms with van der Waals surface area (Å²) in [5.41, 5.74) is 2.64. The molecular weight excluding hydrogens is 350 g/mol. The first kappa shape index (κ1) is 21.7. The van der Waals surface area contributed by atoms with Crippen LogP contribution in [0.5, 0.6) is 5.75 Å². The van der Waals surface area contributed by atoms with Gasteiger partial charge in [0, 0.05) is 6.42 Å². The molecule has 2 rings (SSSR count). The van der Waals surface area contributed by atoms with Crippen molar-refractivity contribution in [3.63, 3.8) is 0 Å². The number of unbranched alkanes of at least 4 members (excludes halogenated alkanes) is 5. The molecule has 150 valence electrons. The van der Waals surface area contributed by atoms with Gasteiger partial charge in [-0.15, -0.1) is 0 Å². The average Bonchev–Trinajstić information content (AvgIpc) is 2.74. The van der Waals surface area contributed by atoms with Crippen molar-refractivity contribution in [1.29, 1.82) is 5.41 Å². The number of esters is 1. The van der Waals surface area contributed by atoms with Crippen molar-refractivity contribution < 1.29 is 14.3 Å². The van der Waals surface area contributed by atoms with Gasteiger partial charge in [0.25, 0.3) is 0 Å². The van der Waals surface area contributed by atoms with Crippen molar-refractivity contribution in [1.82, 2.24) is 0 Å². The molecule has 28 heavy (non-hydrogen) atoms. The Morgan fingerprint density at radius 1 is 0.857 bits per heavy atom. The van der Waals surface area contributed by atoms with Gasteiger partial charge in [0.05, 0.1) is 18.8 Å². The summed E-state index contributed by atoms with van der Waals surface area (Å²) < 4.78 is 10.9. The van der Waals surface area contributed by atoms with Gasteiger partial charge in [-0.2, -0.15) is 0 Å². The Morgan fingerprint density at radius 3 is 2.11 bits per heavy atom. The highest BCUT2D eigenvalue weighted by molar-refractivity contribution is 5.90. The fraction of sp³-hybridized carbons (Fsp3) is 0.417. The molecule has 2 aromatic rings. The van der Waals surface area contributed by atoms with Crippen LogP contribution in [0.1, 0.15) is 62.2 Å². The summed E-state index contributed by atoms with van der Waals surface area (Å²) in [6, 6.07) is 15.4. The highest BCUT2D eigenvalue weighted by Crippen LogP contribution is 2.23. The molecule has 1 N–H and O–H groups in total. The summed E-state index contributed by atoms with van der Waals surface area (Å²) in [7, 11) is 0. The molecule has 0 spiro atoms. The highest BCUT2D eigenvalue weighted by Gasteiger charge is 2.07. The van der Waals surface area contributed by atoms with Gasteiger partial charge in [-0.05, 0) is 48.0 Å². The topological polar surface area (TPSA) is 59.4 Å². The molecule has 0 heterocycles. The Morgan fingerprint density at radius 2 is 1.46 bits per heavy atom. The lowest BCUT2D eigenvalue weighted by Gasteiger charge is -2.08. The molecule has 4 nitrogen and oxygen atoms in total. The van der Waals surface area contributed by atoms with Crippen LogP contribution in [0.3, 0.4) is 0 Å². The Labute approximate surface area is 168 Å². The highest BCUT2D eigenvalue weighted by atomic mass is 16.5. The van der Waals surface area contributed by atoms with E-state index in [0.29, 0.717) is 12.0 Å². The smallest absolute Gasteiger partial charge is 0.338 e. The van der Waals surface area contributed by atoms with E-state index >= 15 is 0 Å². The second kappa shape index (κ2) is 12.7. The van der Waals surface area contributed by atoms with Crippen LogP contribution in [-0.4, -0.2) is 25.4 Å². The molecule has 0 saturated carbocycles. The summed E-state index contributed by atoms with van der Waals surface area (Å²) in [6.07, 6.45) is 9.23. The average molecular weight is 382 g/mol. The number of hydrogen-bond donors (Lipinski definition) is 1. The fourth-order valence-corrected chi connectivity index (χ4v) is 2.91. The Bertz CT molecular complexity index is 708. The van der Waals surface area contributed by atoms with Gasteiger partial charge in [-0.3, -0.25) is 0 Å². The van der Waals surface area contributed by atoms with E-state index in [1.807, 2.05) is 36.4 Å². The van der Waals surface area contributed by atoms with Crippen molar-refractivity contribution in [2.24, 2.45) is 0 Å². The first-order valence-electron chi connectivity index (χ1n) is 10.2. The second-order valence-corrected chi connectivity index (χ2v) is 6.85. The van der Waals surface area contributed by atoms with Crippen molar-refractivity contribution in [2.45, 2.75) is 51.9 Å². The van der Waals surface area contributed by atoms with Gasteiger partial charge in [-0.1, -0.05) is 63.3 Å². The maximum atomic E-state index is 11.9. The summed E-state index contributed by atoms with van der Waals surface area (Å²) in [4.78, 5) is 11.9. The minimum atomic E-state index is -0.355. The summed E-state index contributed by atoms with van der Waals surface area (Å²) in [5, 5.41) is 6.94. The van der Waals surface area contributed by atoms with E-state index in [1.54, 1.807) is 12.1 Å². The quantitative estimate of drug-likeness (QED) is 0.252. The number of rotatable bonds is 13. The van der Waals surface area contributed by atoms with Gasteiger partial charge in [0.2, 0.25) is 0 Å². The van der Waals surface area contributed by atoms with Crippen LogP contribution in [0.25, 0.3) is 11.1 Å². The number of nitrogens with one attached hydrogen (secondary N) is 1. The lowest BCUT2D eigenvalue weighted by molar-refractivity contribution is 0.0516. The van der Waals surface area contributed by atoms with Crippen LogP contribution in [0.4, 0.5) is 0 Å². The number of ether oxygens (including phenoxy) is 2. The molecule has 0 fully saturated rings. The molecular formula is C24H31NO3. The van der Waals surface area contributed by atoms with Crippen LogP contribution in [0.15, 0.2) is 48.5 Å². The minimum Gasteiger partial charge on any atom is -0.494 e. The van der Waals surface area contributed by atoms with Crippen LogP contribution in [0, 0.1) is 5.41 Å². The van der Waals surface area contributed by atoms with E-state index in [1.165, 1.54) is 38.3 Å². The minimum absolute atomic E-state index is 0.240. The lowest BCUT2D eigenvalue weighted by Crippen LogP contribution is -2.06. The maximum Gasteiger partial charge on any atom is 0.338 e. The largest absolute Gasteiger partial charge is 0.494 e. The summed E-state index contributed by atoms with van der Waals surface area (Å²) in [5.74, 6) is 0.538. The van der Waals surface area contributed by atoms with Crippen molar-refractivity contribution in [3.05, 3.63) is 54.1 Å². The Hall–Kier alpha value is -2.62. The zero-order valence-corrected chi connectivity index (χ0v) is 16.8. The molecule has 0 aromatic heterocycles. The molecule has 2 aromatic carbocycles. The molecule has 4 heteroatoms. The Balaban J connectivity index is 1.79. The van der Waals surface area contributed by atoms with Crippen molar-refractivity contribution in [2.75, 3.05) is 13.2 Å². The molecule has 0 unspecified atom stereocenters. The van der Waals surface area contributed by atoms with Crippen LogP contribution >= 0.6 is 0 Å². The van der Waals surface area contributed by atoms with E-state index in [2.05, 4.69) is 6.92 Å². The number of carbonyl (C=O) groups is 1. The first-order valence-corrected chi connectivity index (χ1v) is 10.2.